The highest BCUT2D eigenvalue weighted by atomic mass is 16.5. The highest BCUT2D eigenvalue weighted by Gasteiger charge is 2.09. The molecule has 1 N–H and O–H groups in total. The fraction of sp³-hybridized carbons (Fsp3) is 0.625. The Kier molecular flexibility index (Phi) is 6.68. The molecule has 0 saturated carbocycles. The second kappa shape index (κ2) is 8.82. The van der Waals surface area contributed by atoms with E-state index in [9.17, 15) is 0 Å². The Morgan fingerprint density at radius 3 is 2.70 bits per heavy atom. The largest absolute Gasteiger partial charge is 0.491 e. The van der Waals surface area contributed by atoms with Gasteiger partial charge in [0.1, 0.15) is 12.4 Å². The van der Waals surface area contributed by atoms with Gasteiger partial charge in [-0.25, -0.2) is 0 Å². The van der Waals surface area contributed by atoms with Crippen molar-refractivity contribution in [2.45, 2.75) is 19.8 Å². The zero-order chi connectivity index (χ0) is 14.0. The zero-order valence-corrected chi connectivity index (χ0v) is 12.4. The van der Waals surface area contributed by atoms with Gasteiger partial charge in [0.05, 0.1) is 6.61 Å². The predicted molar refractivity (Wildman–Crippen MR) is 82.7 cm³/mol. The van der Waals surface area contributed by atoms with Crippen LogP contribution in [0.1, 0.15) is 19.8 Å². The average Bonchev–Trinajstić information content (AvgIpc) is 2.77. The summed E-state index contributed by atoms with van der Waals surface area (Å²) in [4.78, 5) is 2.42. The van der Waals surface area contributed by atoms with Crippen molar-refractivity contribution in [2.75, 3.05) is 50.9 Å². The van der Waals surface area contributed by atoms with E-state index in [4.69, 9.17) is 9.47 Å². The summed E-state index contributed by atoms with van der Waals surface area (Å²) in [7, 11) is 0. The Morgan fingerprint density at radius 1 is 1.05 bits per heavy atom. The minimum absolute atomic E-state index is 0.618. The van der Waals surface area contributed by atoms with E-state index in [2.05, 4.69) is 29.3 Å². The van der Waals surface area contributed by atoms with Crippen LogP contribution in [0.2, 0.25) is 0 Å². The molecule has 2 rings (SSSR count). The molecule has 0 radical (unpaired) electrons. The SMILES string of the molecule is CCCOCCOc1ccc(N2CCCNCC2)cc1. The first-order chi connectivity index (χ1) is 9.90. The number of rotatable bonds is 7. The van der Waals surface area contributed by atoms with Gasteiger partial charge in [0, 0.05) is 31.9 Å². The molecule has 1 heterocycles. The van der Waals surface area contributed by atoms with Crippen LogP contribution in [0.3, 0.4) is 0 Å². The Hall–Kier alpha value is -1.26. The molecule has 1 fully saturated rings. The molecule has 4 nitrogen and oxygen atoms in total. The monoisotopic (exact) mass is 278 g/mol. The summed E-state index contributed by atoms with van der Waals surface area (Å²) in [5.74, 6) is 0.918. The van der Waals surface area contributed by atoms with Gasteiger partial charge in [-0.15, -0.1) is 0 Å². The minimum Gasteiger partial charge on any atom is -0.491 e. The normalized spacial score (nSPS) is 15.9. The van der Waals surface area contributed by atoms with E-state index in [1.54, 1.807) is 0 Å². The van der Waals surface area contributed by atoms with Crippen molar-refractivity contribution >= 4 is 5.69 Å². The van der Waals surface area contributed by atoms with E-state index in [1.165, 1.54) is 12.1 Å². The first-order valence-electron chi connectivity index (χ1n) is 7.66. The number of nitrogens with one attached hydrogen (secondary N) is 1. The molecule has 4 heteroatoms. The fourth-order valence-corrected chi connectivity index (χ4v) is 2.32. The van der Waals surface area contributed by atoms with Crippen LogP contribution in [0.25, 0.3) is 0 Å². The number of anilines is 1. The fourth-order valence-electron chi connectivity index (χ4n) is 2.32. The third-order valence-electron chi connectivity index (χ3n) is 3.39. The summed E-state index contributed by atoms with van der Waals surface area (Å²) < 4.78 is 11.1. The van der Waals surface area contributed by atoms with Gasteiger partial charge in [0.25, 0.3) is 0 Å². The van der Waals surface area contributed by atoms with Gasteiger partial charge in [-0.05, 0) is 43.7 Å². The Labute approximate surface area is 122 Å². The third-order valence-corrected chi connectivity index (χ3v) is 3.39. The van der Waals surface area contributed by atoms with E-state index in [0.717, 1.165) is 45.0 Å². The summed E-state index contributed by atoms with van der Waals surface area (Å²) >= 11 is 0. The predicted octanol–water partition coefficient (Wildman–Crippen LogP) is 2.29. The van der Waals surface area contributed by atoms with Crippen LogP contribution in [-0.2, 0) is 4.74 Å². The number of benzene rings is 1. The second-order valence-corrected chi connectivity index (χ2v) is 5.05. The van der Waals surface area contributed by atoms with Crippen molar-refractivity contribution in [1.29, 1.82) is 0 Å². The van der Waals surface area contributed by atoms with E-state index in [1.807, 2.05) is 12.1 Å². The molecule has 0 unspecified atom stereocenters. The molecule has 1 aliphatic heterocycles. The Balaban J connectivity index is 1.77. The van der Waals surface area contributed by atoms with Gasteiger partial charge in [-0.2, -0.15) is 0 Å². The van der Waals surface area contributed by atoms with Crippen molar-refractivity contribution in [3.05, 3.63) is 24.3 Å². The van der Waals surface area contributed by atoms with E-state index >= 15 is 0 Å². The van der Waals surface area contributed by atoms with Gasteiger partial charge in [-0.1, -0.05) is 6.92 Å². The van der Waals surface area contributed by atoms with Crippen molar-refractivity contribution < 1.29 is 9.47 Å². The van der Waals surface area contributed by atoms with E-state index < -0.39 is 0 Å². The summed E-state index contributed by atoms with van der Waals surface area (Å²) in [5.41, 5.74) is 1.28. The Bertz CT molecular complexity index is 359. The van der Waals surface area contributed by atoms with Gasteiger partial charge in [-0.3, -0.25) is 0 Å². The van der Waals surface area contributed by atoms with E-state index in [-0.39, 0.29) is 0 Å². The zero-order valence-electron chi connectivity index (χ0n) is 12.4. The second-order valence-electron chi connectivity index (χ2n) is 5.05. The molecule has 1 saturated heterocycles. The maximum atomic E-state index is 5.66. The van der Waals surface area contributed by atoms with Gasteiger partial charge >= 0.3 is 0 Å². The molecule has 0 bridgehead atoms. The smallest absolute Gasteiger partial charge is 0.119 e. The molecule has 1 aliphatic rings. The first kappa shape index (κ1) is 15.1. The molecular weight excluding hydrogens is 252 g/mol. The lowest BCUT2D eigenvalue weighted by atomic mass is 10.2. The number of hydrogen-bond acceptors (Lipinski definition) is 4. The van der Waals surface area contributed by atoms with Gasteiger partial charge in [0.15, 0.2) is 0 Å². The van der Waals surface area contributed by atoms with Crippen molar-refractivity contribution in [3.8, 4) is 5.75 Å². The summed E-state index contributed by atoms with van der Waals surface area (Å²) in [6.45, 7) is 8.58. The average molecular weight is 278 g/mol. The topological polar surface area (TPSA) is 33.7 Å². The van der Waals surface area contributed by atoms with Crippen molar-refractivity contribution in [3.63, 3.8) is 0 Å². The number of hydrogen-bond donors (Lipinski definition) is 1. The molecule has 0 spiro atoms. The van der Waals surface area contributed by atoms with Crippen LogP contribution in [0.15, 0.2) is 24.3 Å². The standard InChI is InChI=1S/C16H26N2O2/c1-2-12-19-13-14-20-16-6-4-15(5-7-16)18-10-3-8-17-9-11-18/h4-7,17H,2-3,8-14H2,1H3. The van der Waals surface area contributed by atoms with Crippen molar-refractivity contribution in [2.24, 2.45) is 0 Å². The van der Waals surface area contributed by atoms with Crippen molar-refractivity contribution in [1.82, 2.24) is 5.32 Å². The molecule has 20 heavy (non-hydrogen) atoms. The van der Waals surface area contributed by atoms with Crippen LogP contribution < -0.4 is 15.0 Å². The maximum absolute atomic E-state index is 5.66. The highest BCUT2D eigenvalue weighted by Crippen LogP contribution is 2.20. The molecule has 0 aliphatic carbocycles. The summed E-state index contributed by atoms with van der Waals surface area (Å²) in [6.07, 6.45) is 2.26. The van der Waals surface area contributed by atoms with Crippen LogP contribution in [0.4, 0.5) is 5.69 Å². The molecule has 0 amide bonds. The third kappa shape index (κ3) is 5.02. The van der Waals surface area contributed by atoms with Crippen LogP contribution >= 0.6 is 0 Å². The number of nitrogens with zero attached hydrogens (tertiary/aromatic N) is 1. The summed E-state index contributed by atoms with van der Waals surface area (Å²) in [6, 6.07) is 8.39. The van der Waals surface area contributed by atoms with Crippen LogP contribution in [0, 0.1) is 0 Å². The molecule has 0 atom stereocenters. The first-order valence-corrected chi connectivity index (χ1v) is 7.66. The van der Waals surface area contributed by atoms with Crippen LogP contribution in [-0.4, -0.2) is 46.0 Å². The van der Waals surface area contributed by atoms with Gasteiger partial charge < -0.3 is 19.7 Å². The van der Waals surface area contributed by atoms with E-state index in [0.29, 0.717) is 13.2 Å². The quantitative estimate of drug-likeness (QED) is 0.776. The number of ether oxygens (including phenoxy) is 2. The maximum Gasteiger partial charge on any atom is 0.119 e. The molecular formula is C16H26N2O2. The van der Waals surface area contributed by atoms with Crippen LogP contribution in [0.5, 0.6) is 5.75 Å². The molecule has 0 aromatic heterocycles. The molecule has 1 aromatic carbocycles. The van der Waals surface area contributed by atoms with Gasteiger partial charge in [0.2, 0.25) is 0 Å². The Morgan fingerprint density at radius 2 is 1.90 bits per heavy atom. The summed E-state index contributed by atoms with van der Waals surface area (Å²) in [5, 5.41) is 3.42. The highest BCUT2D eigenvalue weighted by molar-refractivity contribution is 5.49. The lowest BCUT2D eigenvalue weighted by Crippen LogP contribution is -2.27. The minimum atomic E-state index is 0.618. The molecule has 1 aromatic rings. The molecule has 112 valence electrons. The lowest BCUT2D eigenvalue weighted by molar-refractivity contribution is 0.101. The lowest BCUT2D eigenvalue weighted by Gasteiger charge is -2.22.